The van der Waals surface area contributed by atoms with Crippen LogP contribution >= 0.6 is 0 Å². The summed E-state index contributed by atoms with van der Waals surface area (Å²) in [5.74, 6) is 7.96. The van der Waals surface area contributed by atoms with Crippen LogP contribution in [0.15, 0.2) is 188 Å². The predicted molar refractivity (Wildman–Crippen MR) is 613 cm³/mol. The molecule has 142 heavy (non-hydrogen) atoms. The molecule has 0 aliphatic heterocycles. The molecule has 0 nitrogen and oxygen atoms in total. The summed E-state index contributed by atoms with van der Waals surface area (Å²) in [5, 5.41) is 0. The first-order valence-corrected chi connectivity index (χ1v) is 57.8. The largest absolute Gasteiger partial charge is 0.0649 e. The van der Waals surface area contributed by atoms with Crippen LogP contribution in [-0.2, 0) is 10.8 Å². The van der Waals surface area contributed by atoms with Crippen molar-refractivity contribution >= 4 is 0 Å². The Hall–Kier alpha value is -7.80. The smallest absolute Gasteiger partial charge is 0.0423 e. The summed E-state index contributed by atoms with van der Waals surface area (Å²) in [6.45, 7) is 72.7. The molecule has 10 aromatic carbocycles. The van der Waals surface area contributed by atoms with Crippen LogP contribution < -0.4 is 0 Å². The molecule has 0 heterocycles. The van der Waals surface area contributed by atoms with Crippen molar-refractivity contribution in [3.05, 3.63) is 338 Å². The molecule has 18 aliphatic rings. The first-order chi connectivity index (χ1) is 66.9. The molecule has 0 N–H and O–H groups in total. The quantitative estimate of drug-likeness (QED) is 0.133. The highest BCUT2D eigenvalue weighted by Gasteiger charge is 2.63. The number of rotatable bonds is 8. The molecular formula is C142H192. The van der Waals surface area contributed by atoms with Crippen LogP contribution in [0.4, 0.5) is 0 Å². The molecular weight excluding hydrogens is 1710 g/mol. The third kappa shape index (κ3) is 21.3. The predicted octanol–water partition coefficient (Wildman–Crippen LogP) is 40.8. The summed E-state index contributed by atoms with van der Waals surface area (Å²) >= 11 is 0. The van der Waals surface area contributed by atoms with E-state index in [0.717, 1.165) is 89.7 Å². The number of fused-ring (bicyclic) bond motifs is 11. The molecule has 10 aromatic rings. The lowest BCUT2D eigenvalue weighted by Crippen LogP contribution is -2.56. The van der Waals surface area contributed by atoms with E-state index in [4.69, 9.17) is 0 Å². The second-order valence-electron chi connectivity index (χ2n) is 55.5. The van der Waals surface area contributed by atoms with Gasteiger partial charge in [0, 0.05) is 34.5 Å². The third-order valence-electron chi connectivity index (χ3n) is 42.1. The van der Waals surface area contributed by atoms with Gasteiger partial charge in [0.2, 0.25) is 0 Å². The molecule has 16 saturated carbocycles. The standard InChI is InChI=1S/C40H48.C23H24.C16H28.C15H14.C14H24.C13H22.C12H20.C9H12/c1-21-13-22(2)34-17-33(21)29(9)35-18-36(24(4)14-23(35)3)31(11)39-20-40(28(8)16-27(39)7)32(12)38-19-37(30(34)10)25(5)15-26(38)6;1-17-5-11-20(12-6-17)23(4,21-13-7-18(2)8-14-21)22-15-9-19(3)10-16-22;1-4-14-7-13-8-15(5-2,10-14)12-16(6-3,9-13)11-14;1-15(2)13-9-5-3-7-11(13)12-8-4-6-10-14(12)15;1-3-13-6-11-5-12(7-13)9-14(4-2,8-11)10-13;1-11-4-10-5-12(2,7-11)9-13(3,6-10)8-11;1-11-4-9-3-10(5-11)7-12(2,6-9)8-11;1-7-4-8(2)6-9(3)5-7/h13-20,29-32H,1-12H3;5-16H,1-4H3;13H,4-12H2,1-3H3;3-10H,1-2H3;11-12H,3-10H2,1-2H3;10H,4-9H2,1-3H3;9-10H,3-8H2,1-2H3;4-6H,1-3H3. The topological polar surface area (TPSA) is 0 Å². The molecule has 0 atom stereocenters. The van der Waals surface area contributed by atoms with Crippen molar-refractivity contribution in [1.29, 1.82) is 0 Å². The van der Waals surface area contributed by atoms with E-state index in [2.05, 4.69) is 403 Å². The Morgan fingerprint density at radius 2 is 0.437 bits per heavy atom. The highest BCUT2D eigenvalue weighted by Crippen LogP contribution is 2.74. The maximum Gasteiger partial charge on any atom is 0.0423 e. The van der Waals surface area contributed by atoms with E-state index < -0.39 is 0 Å². The minimum atomic E-state index is -0.144. The van der Waals surface area contributed by atoms with Gasteiger partial charge in [0.25, 0.3) is 0 Å². The molecule has 0 amide bonds. The molecule has 28 rings (SSSR count). The summed E-state index contributed by atoms with van der Waals surface area (Å²) < 4.78 is 0. The van der Waals surface area contributed by atoms with Crippen LogP contribution in [0.2, 0.25) is 0 Å². The number of hydrogen-bond acceptors (Lipinski definition) is 0. The average Bonchev–Trinajstić information content (AvgIpc) is 1.02. The van der Waals surface area contributed by atoms with Crippen molar-refractivity contribution < 1.29 is 0 Å². The zero-order valence-electron chi connectivity index (χ0n) is 95.7. The number of hydrogen-bond donors (Lipinski definition) is 0. The van der Waals surface area contributed by atoms with E-state index in [0.29, 0.717) is 23.7 Å². The van der Waals surface area contributed by atoms with Crippen molar-refractivity contribution in [3.63, 3.8) is 0 Å². The number of benzene rings is 10. The van der Waals surface area contributed by atoms with E-state index in [1.54, 1.807) is 109 Å². The van der Waals surface area contributed by atoms with Gasteiger partial charge >= 0.3 is 0 Å². The van der Waals surface area contributed by atoms with Gasteiger partial charge in [-0.2, -0.15) is 0 Å². The van der Waals surface area contributed by atoms with E-state index in [1.807, 2.05) is 0 Å². The van der Waals surface area contributed by atoms with Crippen LogP contribution in [0.5, 0.6) is 0 Å². The minimum absolute atomic E-state index is 0.144. The van der Waals surface area contributed by atoms with Crippen molar-refractivity contribution in [1.82, 2.24) is 0 Å². The van der Waals surface area contributed by atoms with Gasteiger partial charge in [-0.15, -0.1) is 0 Å². The van der Waals surface area contributed by atoms with Gasteiger partial charge < -0.3 is 0 Å². The minimum Gasteiger partial charge on any atom is -0.0649 e. The molecule has 18 aliphatic carbocycles. The summed E-state index contributed by atoms with van der Waals surface area (Å²) in [6, 6.07) is 70.6. The van der Waals surface area contributed by atoms with E-state index in [1.165, 1.54) is 238 Å². The fourth-order valence-electron chi connectivity index (χ4n) is 37.9. The van der Waals surface area contributed by atoms with Crippen LogP contribution in [0, 0.1) is 187 Å². The second-order valence-corrected chi connectivity index (χ2v) is 55.5. The Morgan fingerprint density at radius 3 is 0.676 bits per heavy atom. The van der Waals surface area contributed by atoms with Crippen molar-refractivity contribution in [2.45, 2.75) is 435 Å². The summed E-state index contributed by atoms with van der Waals surface area (Å²) in [6.07, 6.45) is 44.7. The summed E-state index contributed by atoms with van der Waals surface area (Å²) in [4.78, 5) is 0. The van der Waals surface area contributed by atoms with Crippen LogP contribution in [0.25, 0.3) is 11.1 Å². The van der Waals surface area contributed by atoms with Crippen LogP contribution in [0.1, 0.15) is 478 Å². The fourth-order valence-corrected chi connectivity index (χ4v) is 37.9. The first-order valence-electron chi connectivity index (χ1n) is 57.8. The molecule has 0 radical (unpaired) electrons. The van der Waals surface area contributed by atoms with E-state index >= 15 is 0 Å². The SMILES string of the molecule is CC1(C)c2ccccc2-c2ccccc21.CC12CC3CC(C)(C1)CC(C)(C3)C2.CC12CC3CC(C1)CC(C)(C3)C2.CCC12CC3CC(C1)CC(CC)(C3)C2.CCC12CC3CC(CC)(C1)CC(CC)(C3)C2.Cc1cc(C)c2cc1C(C)c1cc(c(C)cc1C)C(C)c1cc(c(C)cc1C)C(C)c1cc(c(C)cc1C)C2C.Cc1cc(C)cc(C)c1.Cc1ccc(C(C)(c2ccc(C)cc2)c2ccc(C)cc2)cc1. The Morgan fingerprint density at radius 1 is 0.225 bits per heavy atom. The lowest BCUT2D eigenvalue weighted by molar-refractivity contribution is -0.162. The van der Waals surface area contributed by atoms with E-state index in [-0.39, 0.29) is 10.8 Å². The normalized spacial score (nSPS) is 32.7. The molecule has 24 bridgehead atoms. The Kier molecular flexibility index (Phi) is 29.7. The zero-order valence-corrected chi connectivity index (χ0v) is 95.7. The van der Waals surface area contributed by atoms with Crippen molar-refractivity contribution in [2.24, 2.45) is 89.7 Å². The van der Waals surface area contributed by atoms with Gasteiger partial charge in [0.15, 0.2) is 0 Å². The Labute approximate surface area is 868 Å². The molecule has 16 fully saturated rings. The second kappa shape index (κ2) is 40.0. The van der Waals surface area contributed by atoms with Crippen LogP contribution in [-0.4, -0.2) is 0 Å². The lowest BCUT2D eigenvalue weighted by Gasteiger charge is -2.67. The maximum atomic E-state index is 2.55. The van der Waals surface area contributed by atoms with Crippen LogP contribution in [0.3, 0.4) is 0 Å². The summed E-state index contributed by atoms with van der Waals surface area (Å²) in [5.41, 5.74) is 48.1. The molecule has 0 aromatic heterocycles. The Bertz CT molecular complexity index is 5440. The number of aryl methyl sites for hydroxylation is 14. The average molecular weight is 1900 g/mol. The highest BCUT2D eigenvalue weighted by atomic mass is 14.7. The van der Waals surface area contributed by atoms with Crippen molar-refractivity contribution in [3.8, 4) is 11.1 Å². The third-order valence-corrected chi connectivity index (χ3v) is 42.1. The molecule has 760 valence electrons. The Balaban J connectivity index is 0.000000117. The van der Waals surface area contributed by atoms with Gasteiger partial charge in [-0.05, 0) is 476 Å². The summed E-state index contributed by atoms with van der Waals surface area (Å²) in [7, 11) is 0. The molecule has 0 spiro atoms. The maximum absolute atomic E-state index is 2.55. The first kappa shape index (κ1) is 106. The van der Waals surface area contributed by atoms with Crippen molar-refractivity contribution in [2.75, 3.05) is 0 Å². The molecule has 0 saturated heterocycles. The van der Waals surface area contributed by atoms with Gasteiger partial charge in [-0.1, -0.05) is 364 Å². The zero-order chi connectivity index (χ0) is 102. The van der Waals surface area contributed by atoms with Gasteiger partial charge in [-0.25, -0.2) is 0 Å². The monoisotopic (exact) mass is 1900 g/mol. The molecule has 0 unspecified atom stereocenters. The van der Waals surface area contributed by atoms with Gasteiger partial charge in [0.05, 0.1) is 0 Å². The highest BCUT2D eigenvalue weighted by molar-refractivity contribution is 5.80. The lowest BCUT2D eigenvalue weighted by atomic mass is 9.38. The van der Waals surface area contributed by atoms with Gasteiger partial charge in [0.1, 0.15) is 0 Å². The molecule has 0 heteroatoms. The van der Waals surface area contributed by atoms with E-state index in [9.17, 15) is 0 Å². The fraction of sp³-hybridized carbons (Fsp3) is 0.577. The van der Waals surface area contributed by atoms with Gasteiger partial charge in [-0.3, -0.25) is 0 Å².